The van der Waals surface area contributed by atoms with Gasteiger partial charge in [0.25, 0.3) is 0 Å². The minimum atomic E-state index is 0.406. The van der Waals surface area contributed by atoms with Crippen LogP contribution in [0.3, 0.4) is 0 Å². The second-order valence-corrected chi connectivity index (χ2v) is 11.1. The molecule has 0 saturated carbocycles. The van der Waals surface area contributed by atoms with E-state index in [9.17, 15) is 0 Å². The number of benzene rings is 6. The molecule has 7 rings (SSSR count). The molecule has 0 aliphatic heterocycles. The van der Waals surface area contributed by atoms with Gasteiger partial charge in [0.05, 0.1) is 18.4 Å². The first-order chi connectivity index (χ1) is 23.2. The smallest absolute Gasteiger partial charge is 0.161 e. The zero-order valence-electron chi connectivity index (χ0n) is 25.7. The number of fused-ring (bicyclic) bond motifs is 1. The standard InChI is InChI=1S/C42H31N5/c1-43-41(34-11-4-2-5-12-34)47-42(35-13-6-3-7-14-35)46-28-30-24-38(27-39(25-30)40-29-44-22-23-45-40)33-18-16-32(17-19-33)37-21-20-31-10-8-9-15-36(31)26-37/h2-27,29H,1,28H2. The molecule has 0 amide bonds. The lowest BCUT2D eigenvalue weighted by Crippen LogP contribution is -2.05. The highest BCUT2D eigenvalue weighted by Crippen LogP contribution is 2.31. The van der Waals surface area contributed by atoms with Crippen molar-refractivity contribution in [3.05, 3.63) is 181 Å². The van der Waals surface area contributed by atoms with Crippen LogP contribution in [0.25, 0.3) is 44.3 Å². The van der Waals surface area contributed by atoms with E-state index in [1.807, 2.05) is 60.7 Å². The number of hydrogen-bond acceptors (Lipinski definition) is 3. The van der Waals surface area contributed by atoms with Crippen molar-refractivity contribution in [3.63, 3.8) is 0 Å². The minimum absolute atomic E-state index is 0.406. The van der Waals surface area contributed by atoms with Gasteiger partial charge in [0, 0.05) is 29.1 Å². The fraction of sp³-hybridized carbons (Fsp3) is 0.0238. The quantitative estimate of drug-likeness (QED) is 0.134. The Labute approximate surface area is 274 Å². The van der Waals surface area contributed by atoms with Gasteiger partial charge in [-0.15, -0.1) is 0 Å². The molecule has 0 radical (unpaired) electrons. The van der Waals surface area contributed by atoms with Gasteiger partial charge in [-0.1, -0.05) is 121 Å². The maximum Gasteiger partial charge on any atom is 0.161 e. The first-order valence-corrected chi connectivity index (χ1v) is 15.4. The third-order valence-corrected chi connectivity index (χ3v) is 7.99. The first kappa shape index (κ1) is 29.4. The highest BCUT2D eigenvalue weighted by Gasteiger charge is 2.10. The second kappa shape index (κ2) is 13.8. The van der Waals surface area contributed by atoms with E-state index in [1.165, 1.54) is 21.9 Å². The van der Waals surface area contributed by atoms with Crippen molar-refractivity contribution in [2.24, 2.45) is 15.0 Å². The van der Waals surface area contributed by atoms with Crippen molar-refractivity contribution >= 4 is 29.2 Å². The highest BCUT2D eigenvalue weighted by atomic mass is 15.0. The summed E-state index contributed by atoms with van der Waals surface area (Å²) in [6.07, 6.45) is 5.19. The van der Waals surface area contributed by atoms with Gasteiger partial charge >= 0.3 is 0 Å². The first-order valence-electron chi connectivity index (χ1n) is 15.4. The van der Waals surface area contributed by atoms with Crippen molar-refractivity contribution < 1.29 is 0 Å². The van der Waals surface area contributed by atoms with E-state index in [0.29, 0.717) is 18.2 Å². The van der Waals surface area contributed by atoms with Crippen LogP contribution in [0.1, 0.15) is 16.7 Å². The number of nitrogens with zero attached hydrogens (tertiary/aromatic N) is 5. The summed E-state index contributed by atoms with van der Waals surface area (Å²) in [5.74, 6) is 1.11. The summed E-state index contributed by atoms with van der Waals surface area (Å²) in [6, 6.07) is 50.0. The Bertz CT molecular complexity index is 2210. The number of rotatable bonds is 7. The van der Waals surface area contributed by atoms with Crippen LogP contribution < -0.4 is 0 Å². The maximum absolute atomic E-state index is 5.03. The van der Waals surface area contributed by atoms with Gasteiger partial charge in [-0.2, -0.15) is 0 Å². The molecule has 1 aromatic heterocycles. The Morgan fingerprint density at radius 3 is 1.83 bits per heavy atom. The summed E-state index contributed by atoms with van der Waals surface area (Å²) in [5, 5.41) is 2.47. The minimum Gasteiger partial charge on any atom is -0.261 e. The number of aliphatic imine (C=N–C) groups is 3. The van der Waals surface area contributed by atoms with Crippen LogP contribution in [0.2, 0.25) is 0 Å². The zero-order chi connectivity index (χ0) is 31.8. The predicted molar refractivity (Wildman–Crippen MR) is 195 cm³/mol. The van der Waals surface area contributed by atoms with Crippen LogP contribution in [0.4, 0.5) is 0 Å². The van der Waals surface area contributed by atoms with E-state index in [1.54, 1.807) is 18.6 Å². The molecule has 5 heteroatoms. The van der Waals surface area contributed by atoms with Crippen molar-refractivity contribution in [3.8, 4) is 33.5 Å². The van der Waals surface area contributed by atoms with Crippen LogP contribution in [-0.4, -0.2) is 28.4 Å². The SMILES string of the molecule is C=NC(=NC(=NCc1cc(-c2ccc(-c3ccc4ccccc4c3)cc2)cc(-c2cnccn2)c1)c1ccccc1)c1ccccc1. The van der Waals surface area contributed by atoms with Gasteiger partial charge in [0.15, 0.2) is 11.7 Å². The molecule has 0 aliphatic carbocycles. The van der Waals surface area contributed by atoms with Crippen LogP contribution in [0, 0.1) is 0 Å². The number of hydrogen-bond donors (Lipinski definition) is 0. The molecule has 1 heterocycles. The Morgan fingerprint density at radius 1 is 0.532 bits per heavy atom. The van der Waals surface area contributed by atoms with E-state index in [0.717, 1.165) is 39.1 Å². The fourth-order valence-electron chi connectivity index (χ4n) is 5.59. The molecule has 6 aromatic carbocycles. The molecule has 0 atom stereocenters. The van der Waals surface area contributed by atoms with Crippen LogP contribution in [0.5, 0.6) is 0 Å². The summed E-state index contributed by atoms with van der Waals surface area (Å²) in [6.45, 7) is 4.19. The van der Waals surface area contributed by atoms with Crippen molar-refractivity contribution in [1.82, 2.24) is 9.97 Å². The summed E-state index contributed by atoms with van der Waals surface area (Å²) < 4.78 is 0. The van der Waals surface area contributed by atoms with Crippen LogP contribution in [0.15, 0.2) is 179 Å². The second-order valence-electron chi connectivity index (χ2n) is 11.1. The average Bonchev–Trinajstić information content (AvgIpc) is 3.16. The summed E-state index contributed by atoms with van der Waals surface area (Å²) in [7, 11) is 0. The molecular weight excluding hydrogens is 574 g/mol. The van der Waals surface area contributed by atoms with Gasteiger partial charge in [-0.05, 0) is 69.6 Å². The molecule has 7 aromatic rings. The molecule has 0 spiro atoms. The third kappa shape index (κ3) is 6.85. The average molecular weight is 606 g/mol. The van der Waals surface area contributed by atoms with E-state index >= 15 is 0 Å². The van der Waals surface area contributed by atoms with Gasteiger partial charge < -0.3 is 0 Å². The molecule has 0 saturated heterocycles. The normalized spacial score (nSPS) is 11.8. The van der Waals surface area contributed by atoms with Crippen LogP contribution >= 0.6 is 0 Å². The Kier molecular flexibility index (Phi) is 8.60. The molecule has 0 bridgehead atoms. The van der Waals surface area contributed by atoms with Gasteiger partial charge in [0.1, 0.15) is 0 Å². The lowest BCUT2D eigenvalue weighted by atomic mass is 9.95. The lowest BCUT2D eigenvalue weighted by Gasteiger charge is -2.11. The molecular formula is C42H31N5. The van der Waals surface area contributed by atoms with Crippen molar-refractivity contribution in [2.75, 3.05) is 0 Å². The molecule has 224 valence electrons. The highest BCUT2D eigenvalue weighted by molar-refractivity contribution is 6.12. The van der Waals surface area contributed by atoms with E-state index in [2.05, 4.69) is 107 Å². The largest absolute Gasteiger partial charge is 0.261 e. The molecule has 47 heavy (non-hydrogen) atoms. The third-order valence-electron chi connectivity index (χ3n) is 7.99. The maximum atomic E-state index is 5.03. The molecule has 0 unspecified atom stereocenters. The molecule has 5 nitrogen and oxygen atoms in total. The number of aromatic nitrogens is 2. The van der Waals surface area contributed by atoms with E-state index in [-0.39, 0.29) is 0 Å². The van der Waals surface area contributed by atoms with Gasteiger partial charge in [-0.3, -0.25) is 15.0 Å². The molecule has 0 aliphatic rings. The Morgan fingerprint density at radius 2 is 1.15 bits per heavy atom. The Hall–Kier alpha value is -6.33. The molecule has 0 N–H and O–H groups in total. The Balaban J connectivity index is 1.26. The van der Waals surface area contributed by atoms with E-state index in [4.69, 9.17) is 9.98 Å². The summed E-state index contributed by atoms with van der Waals surface area (Å²) in [5.41, 5.74) is 9.13. The van der Waals surface area contributed by atoms with Crippen molar-refractivity contribution in [1.29, 1.82) is 0 Å². The lowest BCUT2D eigenvalue weighted by molar-refractivity contribution is 1.06. The number of amidine groups is 2. The predicted octanol–water partition coefficient (Wildman–Crippen LogP) is 9.72. The molecule has 0 fully saturated rings. The van der Waals surface area contributed by atoms with Gasteiger partial charge in [-0.25, -0.2) is 9.98 Å². The topological polar surface area (TPSA) is 62.9 Å². The zero-order valence-corrected chi connectivity index (χ0v) is 25.7. The van der Waals surface area contributed by atoms with Crippen molar-refractivity contribution in [2.45, 2.75) is 6.54 Å². The summed E-state index contributed by atoms with van der Waals surface area (Å²) in [4.78, 5) is 23.1. The fourth-order valence-corrected chi connectivity index (χ4v) is 5.59. The summed E-state index contributed by atoms with van der Waals surface area (Å²) >= 11 is 0. The monoisotopic (exact) mass is 605 g/mol. The van der Waals surface area contributed by atoms with E-state index < -0.39 is 0 Å². The van der Waals surface area contributed by atoms with Gasteiger partial charge in [0.2, 0.25) is 0 Å². The van der Waals surface area contributed by atoms with Crippen LogP contribution in [-0.2, 0) is 6.54 Å².